The Morgan fingerprint density at radius 1 is 1.19 bits per heavy atom. The number of hydrogen-bond donors (Lipinski definition) is 1. The first-order valence-corrected chi connectivity index (χ1v) is 6.31. The van der Waals surface area contributed by atoms with Gasteiger partial charge in [0.1, 0.15) is 5.75 Å². The van der Waals surface area contributed by atoms with E-state index >= 15 is 0 Å². The number of benzene rings is 1. The molecule has 0 saturated heterocycles. The lowest BCUT2D eigenvalue weighted by atomic mass is 10.3. The van der Waals surface area contributed by atoms with Gasteiger partial charge in [-0.25, -0.2) is 0 Å². The predicted octanol–water partition coefficient (Wildman–Crippen LogP) is 4.50. The van der Waals surface area contributed by atoms with Gasteiger partial charge in [-0.2, -0.15) is 0 Å². The van der Waals surface area contributed by atoms with E-state index < -0.39 is 0 Å². The molecule has 90 valence electrons. The zero-order chi connectivity index (χ0) is 12.2. The van der Waals surface area contributed by atoms with Crippen molar-refractivity contribution in [1.29, 1.82) is 0 Å². The fourth-order valence-electron chi connectivity index (χ4n) is 2.24. The van der Waals surface area contributed by atoms with Gasteiger partial charge in [0, 0.05) is 0 Å². The molecule has 2 atom stereocenters. The van der Waals surface area contributed by atoms with Crippen LogP contribution in [0.2, 0.25) is 0 Å². The number of phenolic OH excluding ortho intramolecular Hbond substituents is 1. The fourth-order valence-corrected chi connectivity index (χ4v) is 2.24. The lowest BCUT2D eigenvalue weighted by Gasteiger charge is -2.31. The molecular formula is C15H24O. The molecule has 1 N–H and O–H groups in total. The molecule has 0 radical (unpaired) electrons. The Labute approximate surface area is 99.5 Å². The maximum absolute atomic E-state index is 9.32. The first-order chi connectivity index (χ1) is 7.51. The van der Waals surface area contributed by atoms with Gasteiger partial charge in [0.05, 0.1) is 0 Å². The van der Waals surface area contributed by atoms with Crippen LogP contribution in [0.5, 0.6) is 5.75 Å². The summed E-state index contributed by atoms with van der Waals surface area (Å²) < 4.78 is 0. The van der Waals surface area contributed by atoms with Crippen molar-refractivity contribution in [2.24, 2.45) is 5.92 Å². The van der Waals surface area contributed by atoms with Gasteiger partial charge in [-0.3, -0.25) is 0 Å². The van der Waals surface area contributed by atoms with E-state index in [1.165, 1.54) is 18.4 Å². The van der Waals surface area contributed by atoms with Crippen LogP contribution >= 0.6 is 0 Å². The second kappa shape index (κ2) is 5.38. The van der Waals surface area contributed by atoms with Crippen LogP contribution in [0.4, 0.5) is 0 Å². The van der Waals surface area contributed by atoms with E-state index in [1.807, 2.05) is 0 Å². The molecule has 0 aromatic heterocycles. The van der Waals surface area contributed by atoms with Crippen LogP contribution in [-0.4, -0.2) is 5.11 Å². The van der Waals surface area contributed by atoms with Gasteiger partial charge in [0.25, 0.3) is 0 Å². The molecular weight excluding hydrogens is 214 g/mol. The summed E-state index contributed by atoms with van der Waals surface area (Å²) in [5, 5.41) is 9.32. The van der Waals surface area contributed by atoms with E-state index in [0.29, 0.717) is 5.75 Å². The van der Waals surface area contributed by atoms with E-state index in [-0.39, 0.29) is 5.41 Å². The van der Waals surface area contributed by atoms with Crippen LogP contribution < -0.4 is 0 Å². The summed E-state index contributed by atoms with van der Waals surface area (Å²) in [7, 11) is 0. The first kappa shape index (κ1) is 13.1. The SMILES string of the molecule is [14CH3][14CH2][14CH]([14CH3])[14CH2][14C]([14CH3])([14CH2][14CH3])c1ccc(O)cc1. The highest BCUT2D eigenvalue weighted by atomic mass is 16.3. The van der Waals surface area contributed by atoms with Crippen molar-refractivity contribution in [3.8, 4) is 5.75 Å². The molecule has 0 fully saturated rings. The minimum absolute atomic E-state index is 0.239. The van der Waals surface area contributed by atoms with Gasteiger partial charge in [0.2, 0.25) is 0 Å². The second-order valence-electron chi connectivity index (χ2n) is 5.18. The van der Waals surface area contributed by atoms with Crippen LogP contribution in [0.15, 0.2) is 24.3 Å². The van der Waals surface area contributed by atoms with E-state index in [2.05, 4.69) is 39.8 Å². The Bertz CT molecular complexity index is 315. The Balaban J connectivity index is 2.90. The minimum Gasteiger partial charge on any atom is -0.508 e. The number of aromatic hydroxyl groups is 1. The van der Waals surface area contributed by atoms with Gasteiger partial charge >= 0.3 is 0 Å². The summed E-state index contributed by atoms with van der Waals surface area (Å²) in [5.74, 6) is 1.10. The molecule has 1 aromatic rings. The first-order valence-electron chi connectivity index (χ1n) is 6.31. The fraction of sp³-hybridized carbons (Fsp3) is 0.600. The molecule has 0 aliphatic heterocycles. The second-order valence-corrected chi connectivity index (χ2v) is 5.18. The molecule has 0 aliphatic rings. The largest absolute Gasteiger partial charge is 0.508 e. The Morgan fingerprint density at radius 2 is 1.75 bits per heavy atom. The molecule has 2 unspecified atom stereocenters. The molecule has 1 nitrogen and oxygen atoms in total. The molecule has 0 aliphatic carbocycles. The number of phenols is 1. The van der Waals surface area contributed by atoms with Gasteiger partial charge in [-0.1, -0.05) is 46.2 Å². The van der Waals surface area contributed by atoms with E-state index in [1.54, 1.807) is 12.1 Å². The van der Waals surface area contributed by atoms with Crippen molar-refractivity contribution >= 4 is 0 Å². The van der Waals surface area contributed by atoms with Crippen LogP contribution in [0.3, 0.4) is 0 Å². The highest BCUT2D eigenvalue weighted by Crippen LogP contribution is 2.35. The molecule has 1 aromatic carbocycles. The van der Waals surface area contributed by atoms with Crippen LogP contribution in [0.25, 0.3) is 0 Å². The van der Waals surface area contributed by atoms with Crippen LogP contribution in [0, 0.1) is 5.92 Å². The van der Waals surface area contributed by atoms with Gasteiger partial charge < -0.3 is 5.11 Å². The quantitative estimate of drug-likeness (QED) is 0.801. The van der Waals surface area contributed by atoms with Crippen LogP contribution in [0.1, 0.15) is 52.5 Å². The number of rotatable bonds is 5. The predicted molar refractivity (Wildman–Crippen MR) is 69.8 cm³/mol. The van der Waals surface area contributed by atoms with Crippen molar-refractivity contribution in [2.45, 2.75) is 52.4 Å². The monoisotopic (exact) mass is 238 g/mol. The molecule has 1 rings (SSSR count). The maximum atomic E-state index is 9.32. The topological polar surface area (TPSA) is 20.2 Å². The Hall–Kier alpha value is -0.980. The highest BCUT2D eigenvalue weighted by Gasteiger charge is 2.26. The molecule has 1 heteroatoms. The summed E-state index contributed by atoms with van der Waals surface area (Å²) in [6.45, 7) is 9.13. The van der Waals surface area contributed by atoms with E-state index in [4.69, 9.17) is 0 Å². The third-order valence-electron chi connectivity index (χ3n) is 3.84. The maximum Gasteiger partial charge on any atom is 0.115 e. The van der Waals surface area contributed by atoms with Gasteiger partial charge in [-0.15, -0.1) is 0 Å². The molecule has 0 spiro atoms. The third kappa shape index (κ3) is 3.01. The van der Waals surface area contributed by atoms with Crippen molar-refractivity contribution in [3.63, 3.8) is 0 Å². The number of hydrogen-bond acceptors (Lipinski definition) is 1. The Kier molecular flexibility index (Phi) is 4.40. The molecule has 0 saturated carbocycles. The standard InChI is InChI=1S/C15H24O/c1-5-12(3)11-15(4,6-2)13-7-9-14(16)10-8-13/h7-10,12,16H,5-6,11H2,1-4H3/i1+2,2+2,3+2,4+2,5+2,6+2,11+2,12+2,15+2. The summed E-state index contributed by atoms with van der Waals surface area (Å²) in [5.41, 5.74) is 1.58. The van der Waals surface area contributed by atoms with Crippen molar-refractivity contribution in [3.05, 3.63) is 29.8 Å². The Morgan fingerprint density at radius 3 is 2.19 bits per heavy atom. The van der Waals surface area contributed by atoms with Crippen molar-refractivity contribution < 1.29 is 5.11 Å². The lowest BCUT2D eigenvalue weighted by molar-refractivity contribution is 0.336. The van der Waals surface area contributed by atoms with E-state index in [9.17, 15) is 5.11 Å². The van der Waals surface area contributed by atoms with E-state index in [0.717, 1.165) is 12.3 Å². The van der Waals surface area contributed by atoms with Gasteiger partial charge in [0.15, 0.2) is 0 Å². The zero-order valence-corrected chi connectivity index (χ0v) is 11.0. The van der Waals surface area contributed by atoms with Crippen molar-refractivity contribution in [2.75, 3.05) is 0 Å². The molecule has 0 heterocycles. The normalized spacial score (nSPS) is 16.8. The van der Waals surface area contributed by atoms with Crippen molar-refractivity contribution in [1.82, 2.24) is 0 Å². The minimum atomic E-state index is 0.239. The molecule has 0 amide bonds. The molecule has 0 bridgehead atoms. The summed E-state index contributed by atoms with van der Waals surface area (Å²) in [6.07, 6.45) is 3.58. The summed E-state index contributed by atoms with van der Waals surface area (Å²) in [4.78, 5) is 0. The smallest absolute Gasteiger partial charge is 0.115 e. The molecule has 16 heavy (non-hydrogen) atoms. The average Bonchev–Trinajstić information content (AvgIpc) is 2.29. The zero-order valence-electron chi connectivity index (χ0n) is 11.0. The van der Waals surface area contributed by atoms with Crippen LogP contribution in [-0.2, 0) is 5.41 Å². The average molecular weight is 238 g/mol. The third-order valence-corrected chi connectivity index (χ3v) is 3.84. The summed E-state index contributed by atoms with van der Waals surface area (Å²) >= 11 is 0. The summed E-state index contributed by atoms with van der Waals surface area (Å²) in [6, 6.07) is 7.70. The highest BCUT2D eigenvalue weighted by molar-refractivity contribution is 5.31. The lowest BCUT2D eigenvalue weighted by Crippen LogP contribution is -2.23. The van der Waals surface area contributed by atoms with Gasteiger partial charge in [-0.05, 0) is 41.9 Å².